The van der Waals surface area contributed by atoms with Gasteiger partial charge in [0.05, 0.1) is 5.69 Å². The third-order valence-corrected chi connectivity index (χ3v) is 2.37. The van der Waals surface area contributed by atoms with E-state index < -0.39 is 18.1 Å². The number of carbonyl (C=O) groups excluding carboxylic acids is 1. The van der Waals surface area contributed by atoms with E-state index >= 15 is 0 Å². The van der Waals surface area contributed by atoms with Gasteiger partial charge in [-0.05, 0) is 24.5 Å². The molecule has 0 radical (unpaired) electrons. The first kappa shape index (κ1) is 14.9. The lowest BCUT2D eigenvalue weighted by Gasteiger charge is -2.16. The second kappa shape index (κ2) is 7.35. The fourth-order valence-electron chi connectivity index (χ4n) is 1.50. The van der Waals surface area contributed by atoms with E-state index in [9.17, 15) is 9.59 Å². The summed E-state index contributed by atoms with van der Waals surface area (Å²) in [5, 5.41) is 11.3. The van der Waals surface area contributed by atoms with Crippen LogP contribution in [0.15, 0.2) is 24.4 Å². The molecule has 0 saturated heterocycles. The third kappa shape index (κ3) is 5.85. The second-order valence-electron chi connectivity index (χ2n) is 4.56. The molecule has 6 nitrogen and oxygen atoms in total. The van der Waals surface area contributed by atoms with E-state index in [4.69, 9.17) is 9.84 Å². The van der Waals surface area contributed by atoms with E-state index in [1.807, 2.05) is 13.8 Å². The van der Waals surface area contributed by atoms with Crippen molar-refractivity contribution in [2.75, 3.05) is 0 Å². The predicted molar refractivity (Wildman–Crippen MR) is 68.4 cm³/mol. The number of aliphatic carboxylic acids is 1. The minimum Gasteiger partial charge on any atom is -0.480 e. The highest BCUT2D eigenvalue weighted by Crippen LogP contribution is 2.05. The molecule has 1 aromatic rings. The van der Waals surface area contributed by atoms with Crippen LogP contribution in [0.1, 0.15) is 26.0 Å². The Morgan fingerprint density at radius 3 is 2.68 bits per heavy atom. The number of amides is 1. The first-order valence-electron chi connectivity index (χ1n) is 6.05. The summed E-state index contributed by atoms with van der Waals surface area (Å²) in [6.45, 7) is 3.79. The van der Waals surface area contributed by atoms with Crippen molar-refractivity contribution in [3.05, 3.63) is 30.1 Å². The van der Waals surface area contributed by atoms with Crippen LogP contribution in [0.2, 0.25) is 0 Å². The molecule has 1 rings (SSSR count). The summed E-state index contributed by atoms with van der Waals surface area (Å²) in [4.78, 5) is 26.4. The van der Waals surface area contributed by atoms with Crippen molar-refractivity contribution in [1.82, 2.24) is 10.3 Å². The van der Waals surface area contributed by atoms with Crippen LogP contribution in [0, 0.1) is 5.92 Å². The summed E-state index contributed by atoms with van der Waals surface area (Å²) >= 11 is 0. The maximum Gasteiger partial charge on any atom is 0.408 e. The molecule has 2 N–H and O–H groups in total. The lowest BCUT2D eigenvalue weighted by atomic mass is 10.0. The van der Waals surface area contributed by atoms with Crippen molar-refractivity contribution in [3.63, 3.8) is 0 Å². The van der Waals surface area contributed by atoms with Gasteiger partial charge in [-0.1, -0.05) is 19.9 Å². The van der Waals surface area contributed by atoms with Crippen molar-refractivity contribution in [1.29, 1.82) is 0 Å². The molecule has 104 valence electrons. The van der Waals surface area contributed by atoms with Gasteiger partial charge in [0.1, 0.15) is 12.6 Å². The molecule has 1 amide bonds. The number of carboxylic acids is 1. The molecule has 1 aromatic heterocycles. The summed E-state index contributed by atoms with van der Waals surface area (Å²) in [5.41, 5.74) is 0.605. The molecule has 0 aliphatic carbocycles. The average Bonchev–Trinajstić information content (AvgIpc) is 2.36. The summed E-state index contributed by atoms with van der Waals surface area (Å²) in [5.74, 6) is -0.902. The fraction of sp³-hybridized carbons (Fsp3) is 0.462. The number of carbonyl (C=O) groups is 2. The van der Waals surface area contributed by atoms with Crippen LogP contribution in [0.4, 0.5) is 4.79 Å². The van der Waals surface area contributed by atoms with Crippen molar-refractivity contribution >= 4 is 12.1 Å². The van der Waals surface area contributed by atoms with Gasteiger partial charge < -0.3 is 15.2 Å². The number of alkyl carbamates (subject to hydrolysis) is 1. The highest BCUT2D eigenvalue weighted by Gasteiger charge is 2.21. The van der Waals surface area contributed by atoms with Gasteiger partial charge in [-0.25, -0.2) is 9.59 Å². The highest BCUT2D eigenvalue weighted by atomic mass is 16.5. The molecule has 0 spiro atoms. The third-order valence-electron chi connectivity index (χ3n) is 2.37. The summed E-state index contributed by atoms with van der Waals surface area (Å²) in [6.07, 6.45) is 1.20. The maximum atomic E-state index is 11.5. The zero-order valence-electron chi connectivity index (χ0n) is 11.0. The molecule has 19 heavy (non-hydrogen) atoms. The van der Waals surface area contributed by atoms with Crippen LogP contribution in [0.5, 0.6) is 0 Å². The van der Waals surface area contributed by atoms with E-state index in [0.717, 1.165) is 0 Å². The second-order valence-corrected chi connectivity index (χ2v) is 4.56. The Kier molecular flexibility index (Phi) is 5.78. The minimum absolute atomic E-state index is 0.0146. The van der Waals surface area contributed by atoms with Crippen molar-refractivity contribution in [2.45, 2.75) is 32.9 Å². The monoisotopic (exact) mass is 266 g/mol. The number of hydrogen-bond donors (Lipinski definition) is 2. The largest absolute Gasteiger partial charge is 0.480 e. The summed E-state index contributed by atoms with van der Waals surface area (Å²) < 4.78 is 4.91. The molecule has 0 aliphatic heterocycles. The van der Waals surface area contributed by atoms with Crippen molar-refractivity contribution in [3.8, 4) is 0 Å². The van der Waals surface area contributed by atoms with Crippen LogP contribution >= 0.6 is 0 Å². The molecule has 1 heterocycles. The smallest absolute Gasteiger partial charge is 0.408 e. The Labute approximate surface area is 111 Å². The van der Waals surface area contributed by atoms with Gasteiger partial charge in [-0.2, -0.15) is 0 Å². The van der Waals surface area contributed by atoms with Gasteiger partial charge in [0, 0.05) is 6.20 Å². The quantitative estimate of drug-likeness (QED) is 0.819. The lowest BCUT2D eigenvalue weighted by Crippen LogP contribution is -2.41. The Morgan fingerprint density at radius 1 is 1.42 bits per heavy atom. The standard InChI is InChI=1S/C13H18N2O4/c1-9(2)7-11(12(16)17)15-13(18)19-8-10-5-3-4-6-14-10/h3-6,9,11H,7-8H2,1-2H3,(H,15,18)(H,16,17)/t11-/m0/s1. The van der Waals surface area contributed by atoms with Crippen LogP contribution in [0.25, 0.3) is 0 Å². The van der Waals surface area contributed by atoms with Gasteiger partial charge >= 0.3 is 12.1 Å². The molecule has 0 saturated carbocycles. The number of pyridine rings is 1. The first-order valence-corrected chi connectivity index (χ1v) is 6.05. The van der Waals surface area contributed by atoms with Crippen LogP contribution < -0.4 is 5.32 Å². The molecular formula is C13H18N2O4. The molecular weight excluding hydrogens is 248 g/mol. The minimum atomic E-state index is -1.07. The predicted octanol–water partition coefficient (Wildman–Crippen LogP) is 1.81. The Morgan fingerprint density at radius 2 is 2.16 bits per heavy atom. The first-order chi connectivity index (χ1) is 8.99. The average molecular weight is 266 g/mol. The summed E-state index contributed by atoms with van der Waals surface area (Å²) in [6, 6.07) is 4.32. The Hall–Kier alpha value is -2.11. The number of nitrogens with zero attached hydrogens (tertiary/aromatic N) is 1. The molecule has 0 aromatic carbocycles. The lowest BCUT2D eigenvalue weighted by molar-refractivity contribution is -0.139. The topological polar surface area (TPSA) is 88.5 Å². The van der Waals surface area contributed by atoms with Crippen LogP contribution in [-0.4, -0.2) is 28.2 Å². The van der Waals surface area contributed by atoms with Gasteiger partial charge in [0.2, 0.25) is 0 Å². The molecule has 0 unspecified atom stereocenters. The zero-order valence-corrected chi connectivity index (χ0v) is 11.0. The summed E-state index contributed by atoms with van der Waals surface area (Å²) in [7, 11) is 0. The number of hydrogen-bond acceptors (Lipinski definition) is 4. The molecule has 6 heteroatoms. The van der Waals surface area contributed by atoms with E-state index in [1.54, 1.807) is 24.4 Å². The van der Waals surface area contributed by atoms with Crippen LogP contribution in [-0.2, 0) is 16.1 Å². The zero-order chi connectivity index (χ0) is 14.3. The molecule has 0 fully saturated rings. The number of carboxylic acid groups (broad SMARTS) is 1. The molecule has 0 bridgehead atoms. The van der Waals surface area contributed by atoms with Gasteiger partial charge in [0.15, 0.2) is 0 Å². The highest BCUT2D eigenvalue weighted by molar-refractivity contribution is 5.79. The van der Waals surface area contributed by atoms with Crippen LogP contribution in [0.3, 0.4) is 0 Å². The van der Waals surface area contributed by atoms with E-state index in [-0.39, 0.29) is 12.5 Å². The Balaban J connectivity index is 2.42. The van der Waals surface area contributed by atoms with E-state index in [2.05, 4.69) is 10.3 Å². The van der Waals surface area contributed by atoms with E-state index in [0.29, 0.717) is 12.1 Å². The van der Waals surface area contributed by atoms with Crippen molar-refractivity contribution in [2.24, 2.45) is 5.92 Å². The van der Waals surface area contributed by atoms with Crippen molar-refractivity contribution < 1.29 is 19.4 Å². The van der Waals surface area contributed by atoms with E-state index in [1.165, 1.54) is 0 Å². The maximum absolute atomic E-state index is 11.5. The number of rotatable bonds is 6. The van der Waals surface area contributed by atoms with Gasteiger partial charge in [0.25, 0.3) is 0 Å². The Bertz CT molecular complexity index is 420. The molecule has 0 aliphatic rings. The van der Waals surface area contributed by atoms with Gasteiger partial charge in [-0.3, -0.25) is 4.98 Å². The van der Waals surface area contributed by atoms with Gasteiger partial charge in [-0.15, -0.1) is 0 Å². The number of ether oxygens (including phenoxy) is 1. The SMILES string of the molecule is CC(C)C[C@H](NC(=O)OCc1ccccn1)C(=O)O. The fourth-order valence-corrected chi connectivity index (χ4v) is 1.50. The normalized spacial score (nSPS) is 11.9. The molecule has 1 atom stereocenters. The number of nitrogens with one attached hydrogen (secondary N) is 1. The number of aromatic nitrogens is 1.